The Morgan fingerprint density at radius 3 is 2.84 bits per heavy atom. The van der Waals surface area contributed by atoms with Crippen molar-refractivity contribution in [3.8, 4) is 0 Å². The molecule has 0 unspecified atom stereocenters. The van der Waals surface area contributed by atoms with Crippen molar-refractivity contribution in [1.29, 1.82) is 0 Å². The molecular weight excluding hydrogens is 261 g/mol. The zero-order valence-electron chi connectivity index (χ0n) is 11.4. The summed E-state index contributed by atoms with van der Waals surface area (Å²) in [6.45, 7) is 3.27. The van der Waals surface area contributed by atoms with Gasteiger partial charge < -0.3 is 10.2 Å². The van der Waals surface area contributed by atoms with Crippen molar-refractivity contribution in [2.45, 2.75) is 20.0 Å². The fraction of sp³-hybridized carbons (Fsp3) is 0.357. The Labute approximate surface area is 117 Å². The van der Waals surface area contributed by atoms with E-state index in [9.17, 15) is 4.39 Å². The molecule has 1 heterocycles. The van der Waals surface area contributed by atoms with Crippen molar-refractivity contribution in [2.75, 3.05) is 19.0 Å². The van der Waals surface area contributed by atoms with E-state index in [4.69, 9.17) is 0 Å². The Hall–Kier alpha value is -1.46. The van der Waals surface area contributed by atoms with Crippen molar-refractivity contribution in [1.82, 2.24) is 10.3 Å². The Morgan fingerprint density at radius 1 is 1.42 bits per heavy atom. The fourth-order valence-corrected chi connectivity index (χ4v) is 2.86. The lowest BCUT2D eigenvalue weighted by atomic mass is 10.1. The molecule has 0 saturated carbocycles. The molecule has 0 aliphatic carbocycles. The van der Waals surface area contributed by atoms with E-state index < -0.39 is 0 Å². The first-order valence-corrected chi connectivity index (χ1v) is 7.03. The second kappa shape index (κ2) is 6.12. The molecule has 1 N–H and O–H groups in total. The molecule has 19 heavy (non-hydrogen) atoms. The molecule has 0 aliphatic heterocycles. The van der Waals surface area contributed by atoms with E-state index in [1.54, 1.807) is 17.4 Å². The first-order chi connectivity index (χ1) is 9.13. The standard InChI is InChI=1S/C14H18FN3S/c1-10-14(19-9-17-10)8-18(3)13-6-4-5-12(15)11(13)7-16-2/h4-6,9,16H,7-8H2,1-3H3. The topological polar surface area (TPSA) is 28.2 Å². The average molecular weight is 279 g/mol. The third-order valence-electron chi connectivity index (χ3n) is 3.08. The largest absolute Gasteiger partial charge is 0.369 e. The minimum Gasteiger partial charge on any atom is -0.369 e. The maximum Gasteiger partial charge on any atom is 0.129 e. The molecule has 2 rings (SSSR count). The van der Waals surface area contributed by atoms with Gasteiger partial charge in [0.2, 0.25) is 0 Å². The molecule has 5 heteroatoms. The fourth-order valence-electron chi connectivity index (χ4n) is 2.04. The van der Waals surface area contributed by atoms with Gasteiger partial charge in [-0.1, -0.05) is 6.07 Å². The van der Waals surface area contributed by atoms with Crippen molar-refractivity contribution in [3.05, 3.63) is 45.7 Å². The summed E-state index contributed by atoms with van der Waals surface area (Å²) in [4.78, 5) is 7.52. The number of aromatic nitrogens is 1. The van der Waals surface area contributed by atoms with Gasteiger partial charge in [-0.2, -0.15) is 0 Å². The van der Waals surface area contributed by atoms with E-state index in [2.05, 4.69) is 15.2 Å². The highest BCUT2D eigenvalue weighted by atomic mass is 32.1. The Balaban J connectivity index is 2.26. The molecule has 0 atom stereocenters. The summed E-state index contributed by atoms with van der Waals surface area (Å²) in [5, 5.41) is 3.01. The normalized spacial score (nSPS) is 10.7. The quantitative estimate of drug-likeness (QED) is 0.912. The maximum absolute atomic E-state index is 13.9. The van der Waals surface area contributed by atoms with Gasteiger partial charge in [0.15, 0.2) is 0 Å². The van der Waals surface area contributed by atoms with E-state index in [-0.39, 0.29) is 5.82 Å². The van der Waals surface area contributed by atoms with Crippen LogP contribution in [0.3, 0.4) is 0 Å². The Bertz CT molecular complexity index is 553. The van der Waals surface area contributed by atoms with Gasteiger partial charge in [0.25, 0.3) is 0 Å². The smallest absolute Gasteiger partial charge is 0.129 e. The molecule has 1 aromatic heterocycles. The van der Waals surface area contributed by atoms with Crippen LogP contribution in [0.4, 0.5) is 10.1 Å². The van der Waals surface area contributed by atoms with Crippen LogP contribution in [0, 0.1) is 12.7 Å². The van der Waals surface area contributed by atoms with Gasteiger partial charge in [-0.25, -0.2) is 9.37 Å². The number of halogens is 1. The van der Waals surface area contributed by atoms with E-state index in [0.717, 1.165) is 17.9 Å². The first kappa shape index (κ1) is 14.0. The third kappa shape index (κ3) is 3.11. The van der Waals surface area contributed by atoms with E-state index in [1.165, 1.54) is 10.9 Å². The zero-order chi connectivity index (χ0) is 13.8. The molecule has 102 valence electrons. The van der Waals surface area contributed by atoms with Crippen LogP contribution in [0.15, 0.2) is 23.7 Å². The van der Waals surface area contributed by atoms with Crippen molar-refractivity contribution in [3.63, 3.8) is 0 Å². The molecular formula is C14H18FN3S. The van der Waals surface area contributed by atoms with Gasteiger partial charge in [-0.15, -0.1) is 11.3 Å². The minimum absolute atomic E-state index is 0.167. The molecule has 0 aliphatic rings. The first-order valence-electron chi connectivity index (χ1n) is 6.15. The van der Waals surface area contributed by atoms with Gasteiger partial charge in [0, 0.05) is 29.7 Å². The van der Waals surface area contributed by atoms with Crippen LogP contribution in [-0.2, 0) is 13.1 Å². The summed E-state index contributed by atoms with van der Waals surface area (Å²) in [6.07, 6.45) is 0. The molecule has 1 aromatic carbocycles. The van der Waals surface area contributed by atoms with Crippen LogP contribution >= 0.6 is 11.3 Å². The summed E-state index contributed by atoms with van der Waals surface area (Å²) in [6, 6.07) is 5.20. The molecule has 3 nitrogen and oxygen atoms in total. The lowest BCUT2D eigenvalue weighted by Gasteiger charge is -2.22. The van der Waals surface area contributed by atoms with Gasteiger partial charge in [0.05, 0.1) is 17.7 Å². The lowest BCUT2D eigenvalue weighted by Crippen LogP contribution is -2.20. The van der Waals surface area contributed by atoms with Crippen molar-refractivity contribution >= 4 is 17.0 Å². The summed E-state index contributed by atoms with van der Waals surface area (Å²) >= 11 is 1.63. The van der Waals surface area contributed by atoms with Crippen LogP contribution in [0.25, 0.3) is 0 Å². The predicted molar refractivity (Wildman–Crippen MR) is 78.1 cm³/mol. The van der Waals surface area contributed by atoms with Crippen molar-refractivity contribution < 1.29 is 4.39 Å². The Kier molecular flexibility index (Phi) is 4.50. The minimum atomic E-state index is -0.167. The van der Waals surface area contributed by atoms with E-state index in [0.29, 0.717) is 12.1 Å². The molecule has 0 fully saturated rings. The molecule has 0 saturated heterocycles. The highest BCUT2D eigenvalue weighted by Crippen LogP contribution is 2.25. The second-order valence-electron chi connectivity index (χ2n) is 4.48. The second-order valence-corrected chi connectivity index (χ2v) is 5.42. The maximum atomic E-state index is 13.9. The summed E-state index contributed by atoms with van der Waals surface area (Å²) < 4.78 is 13.9. The van der Waals surface area contributed by atoms with Crippen molar-refractivity contribution in [2.24, 2.45) is 0 Å². The molecule has 2 aromatic rings. The van der Waals surface area contributed by atoms with Crippen LogP contribution in [-0.4, -0.2) is 19.1 Å². The third-order valence-corrected chi connectivity index (χ3v) is 4.00. The summed E-state index contributed by atoms with van der Waals surface area (Å²) in [7, 11) is 3.80. The number of hydrogen-bond donors (Lipinski definition) is 1. The number of aryl methyl sites for hydroxylation is 1. The molecule has 0 bridgehead atoms. The van der Waals surface area contributed by atoms with Gasteiger partial charge >= 0.3 is 0 Å². The number of anilines is 1. The van der Waals surface area contributed by atoms with Crippen LogP contribution in [0.5, 0.6) is 0 Å². The molecule has 0 radical (unpaired) electrons. The van der Waals surface area contributed by atoms with Gasteiger partial charge in [-0.3, -0.25) is 0 Å². The lowest BCUT2D eigenvalue weighted by molar-refractivity contribution is 0.600. The van der Waals surface area contributed by atoms with Crippen LogP contribution < -0.4 is 10.2 Å². The number of hydrogen-bond acceptors (Lipinski definition) is 4. The summed E-state index contributed by atoms with van der Waals surface area (Å²) in [5.74, 6) is -0.167. The zero-order valence-corrected chi connectivity index (χ0v) is 12.2. The molecule has 0 spiro atoms. The predicted octanol–water partition coefficient (Wildman–Crippen LogP) is 2.95. The number of rotatable bonds is 5. The van der Waals surface area contributed by atoms with Gasteiger partial charge in [0.1, 0.15) is 5.82 Å². The SMILES string of the molecule is CNCc1c(F)cccc1N(C)Cc1scnc1C. The number of thiazole rings is 1. The number of benzene rings is 1. The highest BCUT2D eigenvalue weighted by molar-refractivity contribution is 7.09. The average Bonchev–Trinajstić information content (AvgIpc) is 2.78. The monoisotopic (exact) mass is 279 g/mol. The van der Waals surface area contributed by atoms with Gasteiger partial charge in [-0.05, 0) is 26.1 Å². The van der Waals surface area contributed by atoms with Crippen LogP contribution in [0.1, 0.15) is 16.1 Å². The number of nitrogens with zero attached hydrogens (tertiary/aromatic N) is 2. The Morgan fingerprint density at radius 2 is 2.21 bits per heavy atom. The van der Waals surface area contributed by atoms with E-state index >= 15 is 0 Å². The summed E-state index contributed by atoms with van der Waals surface area (Å²) in [5.41, 5.74) is 4.51. The number of nitrogens with one attached hydrogen (secondary N) is 1. The van der Waals surface area contributed by atoms with E-state index in [1.807, 2.05) is 32.6 Å². The van der Waals surface area contributed by atoms with Crippen LogP contribution in [0.2, 0.25) is 0 Å². The molecule has 0 amide bonds. The highest BCUT2D eigenvalue weighted by Gasteiger charge is 2.13.